The molecule has 0 amide bonds. The number of aromatic nitrogens is 4. The molecular formula is C13H15N5OS2. The molecule has 0 saturated carbocycles. The highest BCUT2D eigenvalue weighted by Crippen LogP contribution is 2.36. The molecular weight excluding hydrogens is 306 g/mol. The minimum atomic E-state index is 0.380. The molecule has 1 aliphatic heterocycles. The summed E-state index contributed by atoms with van der Waals surface area (Å²) in [5.41, 5.74) is 7.07. The van der Waals surface area contributed by atoms with Crippen molar-refractivity contribution in [2.45, 2.75) is 25.7 Å². The van der Waals surface area contributed by atoms with Crippen LogP contribution >= 0.6 is 22.7 Å². The predicted octanol–water partition coefficient (Wildman–Crippen LogP) is 2.70. The SMILES string of the molecule is Cc1cc(-c2nn3c(C4CCOCC4)nnc3s2)c(N)s1. The van der Waals surface area contributed by atoms with Gasteiger partial charge in [0.25, 0.3) is 0 Å². The van der Waals surface area contributed by atoms with Crippen LogP contribution in [0.5, 0.6) is 0 Å². The fourth-order valence-electron chi connectivity index (χ4n) is 2.65. The van der Waals surface area contributed by atoms with Crippen LogP contribution in [0.2, 0.25) is 0 Å². The third-order valence-electron chi connectivity index (χ3n) is 3.72. The minimum absolute atomic E-state index is 0.380. The number of anilines is 1. The van der Waals surface area contributed by atoms with E-state index in [-0.39, 0.29) is 0 Å². The maximum Gasteiger partial charge on any atom is 0.234 e. The number of nitrogens with zero attached hydrogens (tertiary/aromatic N) is 4. The second kappa shape index (κ2) is 5.04. The van der Waals surface area contributed by atoms with Gasteiger partial charge >= 0.3 is 0 Å². The first-order valence-electron chi connectivity index (χ1n) is 6.88. The van der Waals surface area contributed by atoms with E-state index in [0.717, 1.165) is 52.4 Å². The first-order chi connectivity index (χ1) is 10.2. The zero-order valence-corrected chi connectivity index (χ0v) is 13.2. The van der Waals surface area contributed by atoms with Gasteiger partial charge in [-0.25, -0.2) is 0 Å². The lowest BCUT2D eigenvalue weighted by molar-refractivity contribution is 0.0832. The Labute approximate surface area is 129 Å². The number of nitrogens with two attached hydrogens (primary N) is 1. The molecule has 0 spiro atoms. The molecule has 0 bridgehead atoms. The Hall–Kier alpha value is -1.51. The van der Waals surface area contributed by atoms with E-state index in [9.17, 15) is 0 Å². The van der Waals surface area contributed by atoms with E-state index in [1.165, 1.54) is 16.2 Å². The van der Waals surface area contributed by atoms with Gasteiger partial charge < -0.3 is 10.5 Å². The van der Waals surface area contributed by atoms with E-state index in [2.05, 4.69) is 28.3 Å². The second-order valence-electron chi connectivity index (χ2n) is 5.18. The average molecular weight is 321 g/mol. The molecule has 1 aliphatic rings. The minimum Gasteiger partial charge on any atom is -0.390 e. The Kier molecular flexibility index (Phi) is 3.16. The fourth-order valence-corrected chi connectivity index (χ4v) is 4.38. The summed E-state index contributed by atoms with van der Waals surface area (Å²) in [6, 6.07) is 2.08. The normalized spacial score (nSPS) is 16.8. The van der Waals surface area contributed by atoms with Crippen LogP contribution in [-0.2, 0) is 4.74 Å². The summed E-state index contributed by atoms with van der Waals surface area (Å²) in [6.45, 7) is 3.62. The first-order valence-corrected chi connectivity index (χ1v) is 8.52. The van der Waals surface area contributed by atoms with E-state index in [1.54, 1.807) is 11.3 Å². The van der Waals surface area contributed by atoms with Crippen molar-refractivity contribution < 1.29 is 4.74 Å². The molecule has 6 nitrogen and oxygen atoms in total. The molecule has 0 atom stereocenters. The number of hydrogen-bond acceptors (Lipinski definition) is 7. The quantitative estimate of drug-likeness (QED) is 0.785. The molecule has 110 valence electrons. The van der Waals surface area contributed by atoms with Crippen molar-refractivity contribution in [3.05, 3.63) is 16.8 Å². The van der Waals surface area contributed by atoms with Gasteiger partial charge in [-0.1, -0.05) is 11.3 Å². The van der Waals surface area contributed by atoms with Crippen LogP contribution < -0.4 is 5.73 Å². The smallest absolute Gasteiger partial charge is 0.234 e. The highest BCUT2D eigenvalue weighted by atomic mass is 32.1. The lowest BCUT2D eigenvalue weighted by Gasteiger charge is -2.19. The monoisotopic (exact) mass is 321 g/mol. The molecule has 2 N–H and O–H groups in total. The largest absolute Gasteiger partial charge is 0.390 e. The van der Waals surface area contributed by atoms with Crippen LogP contribution in [0, 0.1) is 6.92 Å². The second-order valence-corrected chi connectivity index (χ2v) is 7.43. The lowest BCUT2D eigenvalue weighted by atomic mass is 10.00. The lowest BCUT2D eigenvalue weighted by Crippen LogP contribution is -2.16. The van der Waals surface area contributed by atoms with Crippen LogP contribution in [0.25, 0.3) is 15.5 Å². The molecule has 1 saturated heterocycles. The highest BCUT2D eigenvalue weighted by molar-refractivity contribution is 7.21. The topological polar surface area (TPSA) is 78.3 Å². The molecule has 21 heavy (non-hydrogen) atoms. The Morgan fingerprint density at radius 1 is 1.29 bits per heavy atom. The summed E-state index contributed by atoms with van der Waals surface area (Å²) in [7, 11) is 0. The Morgan fingerprint density at radius 3 is 2.81 bits per heavy atom. The van der Waals surface area contributed by atoms with Gasteiger partial charge in [0.2, 0.25) is 4.96 Å². The summed E-state index contributed by atoms with van der Waals surface area (Å²) in [5.74, 6) is 1.33. The zero-order chi connectivity index (χ0) is 14.4. The molecule has 3 aromatic rings. The number of nitrogen functional groups attached to an aromatic ring is 1. The van der Waals surface area contributed by atoms with Crippen LogP contribution in [0.15, 0.2) is 6.07 Å². The van der Waals surface area contributed by atoms with Gasteiger partial charge in [0, 0.05) is 29.6 Å². The van der Waals surface area contributed by atoms with Crippen molar-refractivity contribution in [3.63, 3.8) is 0 Å². The van der Waals surface area contributed by atoms with E-state index < -0.39 is 0 Å². The van der Waals surface area contributed by atoms with Gasteiger partial charge in [-0.3, -0.25) is 0 Å². The zero-order valence-electron chi connectivity index (χ0n) is 11.6. The molecule has 4 heterocycles. The average Bonchev–Trinajstić information content (AvgIpc) is 3.13. The predicted molar refractivity (Wildman–Crippen MR) is 83.9 cm³/mol. The number of fused-ring (bicyclic) bond motifs is 1. The molecule has 4 rings (SSSR count). The number of hydrogen-bond donors (Lipinski definition) is 1. The standard InChI is InChI=1S/C13H15N5OS2/c1-7-6-9(10(14)20-7)12-17-18-11(15-16-13(18)21-12)8-2-4-19-5-3-8/h6,8H,2-5,14H2,1H3. The molecule has 0 aliphatic carbocycles. The molecule has 8 heteroatoms. The van der Waals surface area contributed by atoms with Crippen LogP contribution in [0.1, 0.15) is 29.5 Å². The van der Waals surface area contributed by atoms with Gasteiger partial charge in [-0.15, -0.1) is 21.5 Å². The summed E-state index contributed by atoms with van der Waals surface area (Å²) in [6.07, 6.45) is 1.96. The molecule has 1 fully saturated rings. The maximum atomic E-state index is 6.07. The van der Waals surface area contributed by atoms with Gasteiger partial charge in [-0.2, -0.15) is 9.61 Å². The van der Waals surface area contributed by atoms with E-state index >= 15 is 0 Å². The number of rotatable bonds is 2. The van der Waals surface area contributed by atoms with Gasteiger partial charge in [-0.05, 0) is 25.8 Å². The third kappa shape index (κ3) is 2.23. The van der Waals surface area contributed by atoms with E-state index in [1.807, 2.05) is 4.52 Å². The Bertz CT molecular complexity index is 784. The fraction of sp³-hybridized carbons (Fsp3) is 0.462. The van der Waals surface area contributed by atoms with Crippen LogP contribution in [0.3, 0.4) is 0 Å². The van der Waals surface area contributed by atoms with E-state index in [0.29, 0.717) is 5.92 Å². The van der Waals surface area contributed by atoms with Crippen molar-refractivity contribution in [2.24, 2.45) is 0 Å². The number of thiophene rings is 1. The summed E-state index contributed by atoms with van der Waals surface area (Å²) < 4.78 is 7.29. The Balaban J connectivity index is 1.76. The third-order valence-corrected chi connectivity index (χ3v) is 5.53. The molecule has 0 aromatic carbocycles. The number of ether oxygens (including phenoxy) is 1. The Morgan fingerprint density at radius 2 is 2.10 bits per heavy atom. The number of aryl methyl sites for hydroxylation is 1. The van der Waals surface area contributed by atoms with Crippen molar-refractivity contribution in [2.75, 3.05) is 18.9 Å². The van der Waals surface area contributed by atoms with E-state index in [4.69, 9.17) is 10.5 Å². The molecule has 3 aromatic heterocycles. The molecule has 0 radical (unpaired) electrons. The maximum absolute atomic E-state index is 6.07. The van der Waals surface area contributed by atoms with Crippen molar-refractivity contribution in [1.29, 1.82) is 0 Å². The van der Waals surface area contributed by atoms with Gasteiger partial charge in [0.15, 0.2) is 10.8 Å². The first kappa shape index (κ1) is 13.2. The van der Waals surface area contributed by atoms with Gasteiger partial charge in [0.05, 0.1) is 5.00 Å². The van der Waals surface area contributed by atoms with Crippen molar-refractivity contribution >= 4 is 32.6 Å². The summed E-state index contributed by atoms with van der Waals surface area (Å²) in [5, 5.41) is 15.0. The van der Waals surface area contributed by atoms with Crippen molar-refractivity contribution in [3.8, 4) is 10.6 Å². The van der Waals surface area contributed by atoms with Crippen LogP contribution in [0.4, 0.5) is 5.00 Å². The van der Waals surface area contributed by atoms with Gasteiger partial charge in [0.1, 0.15) is 0 Å². The molecule has 0 unspecified atom stereocenters. The van der Waals surface area contributed by atoms with Crippen molar-refractivity contribution in [1.82, 2.24) is 19.8 Å². The van der Waals surface area contributed by atoms with Crippen LogP contribution in [-0.4, -0.2) is 33.0 Å². The summed E-state index contributed by atoms with van der Waals surface area (Å²) >= 11 is 3.13. The highest BCUT2D eigenvalue weighted by Gasteiger charge is 2.24. The summed E-state index contributed by atoms with van der Waals surface area (Å²) in [4.78, 5) is 2.02.